The lowest BCUT2D eigenvalue weighted by atomic mass is 10.1. The smallest absolute Gasteiger partial charge is 0.295 e. The Balaban J connectivity index is 2.45. The number of hydrogen-bond acceptors (Lipinski definition) is 2. The zero-order valence-electron chi connectivity index (χ0n) is 8.53. The van der Waals surface area contributed by atoms with Crippen molar-refractivity contribution in [3.63, 3.8) is 0 Å². The van der Waals surface area contributed by atoms with Crippen LogP contribution in [0.1, 0.15) is 20.3 Å². The second kappa shape index (κ2) is 5.37. The molecule has 0 fully saturated rings. The predicted octanol–water partition coefficient (Wildman–Crippen LogP) is 1.47. The van der Waals surface area contributed by atoms with Gasteiger partial charge in [-0.1, -0.05) is 0 Å². The highest BCUT2D eigenvalue weighted by Crippen LogP contribution is 2.05. The van der Waals surface area contributed by atoms with Crippen molar-refractivity contribution in [2.45, 2.75) is 26.5 Å². The molecule has 0 saturated carbocycles. The molecule has 0 bridgehead atoms. The van der Waals surface area contributed by atoms with Gasteiger partial charge >= 0.3 is 0 Å². The minimum atomic E-state index is 0.00325. The van der Waals surface area contributed by atoms with E-state index in [4.69, 9.17) is 10.3 Å². The molecule has 1 unspecified atom stereocenters. The molecule has 0 radical (unpaired) electrons. The van der Waals surface area contributed by atoms with E-state index in [0.29, 0.717) is 18.7 Å². The number of hydrogen-bond donors (Lipinski definition) is 1. The highest BCUT2D eigenvalue weighted by atomic mass is 16.5. The van der Waals surface area contributed by atoms with Gasteiger partial charge < -0.3 is 15.6 Å². The molecular formula is C10H15N3O. The number of nitrogens with zero attached hydrogens (tertiary/aromatic N) is 2. The second-order valence-corrected chi connectivity index (χ2v) is 3.03. The molecule has 0 aliphatic heterocycles. The van der Waals surface area contributed by atoms with E-state index in [0.717, 1.165) is 5.70 Å². The molecule has 0 spiro atoms. The van der Waals surface area contributed by atoms with E-state index in [9.17, 15) is 0 Å². The lowest BCUT2D eigenvalue weighted by Crippen LogP contribution is -2.28. The van der Waals surface area contributed by atoms with E-state index in [1.807, 2.05) is 26.0 Å². The molecule has 0 aromatic carbocycles. The molecule has 14 heavy (non-hydrogen) atoms. The average Bonchev–Trinajstić information content (AvgIpc) is 2.19. The third-order valence-electron chi connectivity index (χ3n) is 1.90. The Kier molecular flexibility index (Phi) is 4.11. The van der Waals surface area contributed by atoms with Gasteiger partial charge in [0, 0.05) is 18.4 Å². The van der Waals surface area contributed by atoms with Crippen molar-refractivity contribution >= 4 is 5.71 Å². The molecule has 76 valence electrons. The van der Waals surface area contributed by atoms with Gasteiger partial charge in [-0.3, -0.25) is 0 Å². The molecule has 0 amide bonds. The van der Waals surface area contributed by atoms with Gasteiger partial charge in [0.25, 0.3) is 5.71 Å². The fourth-order valence-corrected chi connectivity index (χ4v) is 1.24. The molecule has 1 rings (SSSR count). The van der Waals surface area contributed by atoms with Crippen LogP contribution in [0.15, 0.2) is 23.9 Å². The highest BCUT2D eigenvalue weighted by Gasteiger charge is 2.09. The van der Waals surface area contributed by atoms with Crippen LogP contribution in [-0.2, 0) is 4.74 Å². The third kappa shape index (κ3) is 3.17. The molecule has 0 aromatic heterocycles. The van der Waals surface area contributed by atoms with Crippen molar-refractivity contribution in [3.05, 3.63) is 29.5 Å². The number of ether oxygens (including phenoxy) is 1. The Morgan fingerprint density at radius 3 is 2.93 bits per heavy atom. The van der Waals surface area contributed by atoms with E-state index in [2.05, 4.69) is 10.1 Å². The molecule has 1 N–H and O–H groups in total. The topological polar surface area (TPSA) is 57.7 Å². The minimum absolute atomic E-state index is 0.00325. The SMILES string of the molecule is CCOC(C)NC1=CCC(=[N+]=[N-])C=C1. The lowest BCUT2D eigenvalue weighted by molar-refractivity contribution is -0.00549. The summed E-state index contributed by atoms with van der Waals surface area (Å²) in [5.74, 6) is 0. The zero-order valence-corrected chi connectivity index (χ0v) is 8.53. The van der Waals surface area contributed by atoms with Crippen LogP contribution in [0.2, 0.25) is 0 Å². The van der Waals surface area contributed by atoms with E-state index in [-0.39, 0.29) is 6.23 Å². The van der Waals surface area contributed by atoms with Gasteiger partial charge in [-0.25, -0.2) is 0 Å². The van der Waals surface area contributed by atoms with Crippen molar-refractivity contribution in [1.82, 2.24) is 5.32 Å². The maximum Gasteiger partial charge on any atom is 0.295 e. The maximum atomic E-state index is 8.51. The van der Waals surface area contributed by atoms with Gasteiger partial charge in [-0.2, -0.15) is 4.79 Å². The summed E-state index contributed by atoms with van der Waals surface area (Å²) in [6, 6.07) is 0. The summed E-state index contributed by atoms with van der Waals surface area (Å²) in [6.07, 6.45) is 6.26. The first kappa shape index (κ1) is 10.7. The Hall–Kier alpha value is -1.38. The monoisotopic (exact) mass is 193 g/mol. The fourth-order valence-electron chi connectivity index (χ4n) is 1.24. The quantitative estimate of drug-likeness (QED) is 0.417. The van der Waals surface area contributed by atoms with Crippen LogP contribution in [0.3, 0.4) is 0 Å². The molecule has 1 aliphatic carbocycles. The molecule has 0 heterocycles. The summed E-state index contributed by atoms with van der Waals surface area (Å²) in [6.45, 7) is 4.60. The maximum absolute atomic E-state index is 8.51. The van der Waals surface area contributed by atoms with Gasteiger partial charge in [0.2, 0.25) is 0 Å². The van der Waals surface area contributed by atoms with Crippen LogP contribution in [0, 0.1) is 0 Å². The van der Waals surface area contributed by atoms with Crippen LogP contribution >= 0.6 is 0 Å². The van der Waals surface area contributed by atoms with Gasteiger partial charge in [0.15, 0.2) is 0 Å². The second-order valence-electron chi connectivity index (χ2n) is 3.03. The third-order valence-corrected chi connectivity index (χ3v) is 1.90. The van der Waals surface area contributed by atoms with Gasteiger partial charge in [-0.15, -0.1) is 0 Å². The summed E-state index contributed by atoms with van der Waals surface area (Å²) in [4.78, 5) is 3.12. The molecule has 1 atom stereocenters. The van der Waals surface area contributed by atoms with Crippen molar-refractivity contribution in [2.75, 3.05) is 6.61 Å². The van der Waals surface area contributed by atoms with E-state index in [1.54, 1.807) is 6.08 Å². The first-order valence-corrected chi connectivity index (χ1v) is 4.73. The fraction of sp³-hybridized carbons (Fsp3) is 0.500. The molecule has 0 aromatic rings. The van der Waals surface area contributed by atoms with Gasteiger partial charge in [0.05, 0.1) is 6.42 Å². The standard InChI is InChI=1S/C10H15N3O/c1-3-14-8(2)12-9-4-6-10(13-11)7-5-9/h4-6,8,12H,3,7H2,1-2H3. The predicted molar refractivity (Wildman–Crippen MR) is 54.7 cm³/mol. The van der Waals surface area contributed by atoms with Crippen LogP contribution in [-0.4, -0.2) is 23.3 Å². The molecule has 0 saturated heterocycles. The van der Waals surface area contributed by atoms with Crippen molar-refractivity contribution in [1.29, 1.82) is 0 Å². The van der Waals surface area contributed by atoms with Crippen LogP contribution < -0.4 is 5.32 Å². The summed E-state index contributed by atoms with van der Waals surface area (Å²) < 4.78 is 5.33. The van der Waals surface area contributed by atoms with Crippen molar-refractivity contribution < 1.29 is 9.53 Å². The van der Waals surface area contributed by atoms with Crippen LogP contribution in [0.4, 0.5) is 0 Å². The van der Waals surface area contributed by atoms with E-state index < -0.39 is 0 Å². The summed E-state index contributed by atoms with van der Waals surface area (Å²) in [5.41, 5.74) is 10.2. The average molecular weight is 193 g/mol. The molecule has 4 nitrogen and oxygen atoms in total. The van der Waals surface area contributed by atoms with Crippen LogP contribution in [0.5, 0.6) is 0 Å². The Morgan fingerprint density at radius 2 is 2.43 bits per heavy atom. The van der Waals surface area contributed by atoms with Gasteiger partial charge in [0.1, 0.15) is 6.23 Å². The summed E-state index contributed by atoms with van der Waals surface area (Å²) in [7, 11) is 0. The normalized spacial score (nSPS) is 17.3. The first-order chi connectivity index (χ1) is 6.76. The van der Waals surface area contributed by atoms with Crippen molar-refractivity contribution in [3.8, 4) is 0 Å². The Labute approximate surface area is 83.9 Å². The zero-order chi connectivity index (χ0) is 10.4. The summed E-state index contributed by atoms with van der Waals surface area (Å²) in [5, 5.41) is 3.18. The van der Waals surface area contributed by atoms with Gasteiger partial charge in [-0.05, 0) is 26.0 Å². The van der Waals surface area contributed by atoms with Crippen LogP contribution in [0.25, 0.3) is 5.53 Å². The Bertz CT molecular complexity index is 300. The summed E-state index contributed by atoms with van der Waals surface area (Å²) >= 11 is 0. The largest absolute Gasteiger partial charge is 0.361 e. The Morgan fingerprint density at radius 1 is 1.64 bits per heavy atom. The van der Waals surface area contributed by atoms with E-state index >= 15 is 0 Å². The molecule has 1 aliphatic rings. The van der Waals surface area contributed by atoms with Crippen molar-refractivity contribution in [2.24, 2.45) is 0 Å². The number of nitrogens with one attached hydrogen (secondary N) is 1. The first-order valence-electron chi connectivity index (χ1n) is 4.73. The van der Waals surface area contributed by atoms with E-state index in [1.165, 1.54) is 0 Å². The number of allylic oxidation sites excluding steroid dienone is 3. The molecule has 4 heteroatoms. The molecular weight excluding hydrogens is 178 g/mol. The number of rotatable bonds is 4. The minimum Gasteiger partial charge on any atom is -0.361 e. The lowest BCUT2D eigenvalue weighted by Gasteiger charge is -2.16. The highest BCUT2D eigenvalue weighted by molar-refractivity contribution is 5.92.